The molecular formula is C15H21N3O4. The summed E-state index contributed by atoms with van der Waals surface area (Å²) in [6.45, 7) is 4.89. The van der Waals surface area contributed by atoms with Crippen LogP contribution in [0.2, 0.25) is 0 Å². The van der Waals surface area contributed by atoms with Gasteiger partial charge in [-0.3, -0.25) is 0 Å². The first-order chi connectivity index (χ1) is 10.6. The van der Waals surface area contributed by atoms with Crippen molar-refractivity contribution in [1.82, 2.24) is 14.7 Å². The molecule has 1 aliphatic rings. The number of aliphatic hydroxyl groups excluding tert-OH is 1. The van der Waals surface area contributed by atoms with Crippen LogP contribution in [-0.4, -0.2) is 45.5 Å². The van der Waals surface area contributed by atoms with Crippen LogP contribution in [0.3, 0.4) is 0 Å². The van der Waals surface area contributed by atoms with Gasteiger partial charge in [0.15, 0.2) is 5.76 Å². The third-order valence-electron chi connectivity index (χ3n) is 4.07. The summed E-state index contributed by atoms with van der Waals surface area (Å²) in [5, 5.41) is 14.2. The number of piperidine rings is 1. The summed E-state index contributed by atoms with van der Waals surface area (Å²) in [6.07, 6.45) is 3.14. The van der Waals surface area contributed by atoms with E-state index in [2.05, 4.69) is 16.9 Å². The van der Waals surface area contributed by atoms with Crippen LogP contribution in [0.5, 0.6) is 0 Å². The highest BCUT2D eigenvalue weighted by Crippen LogP contribution is 2.17. The van der Waals surface area contributed by atoms with Crippen molar-refractivity contribution < 1.29 is 13.9 Å². The zero-order valence-electron chi connectivity index (χ0n) is 12.6. The number of aliphatic hydroxyl groups is 1. The summed E-state index contributed by atoms with van der Waals surface area (Å²) in [4.78, 5) is 14.0. The fourth-order valence-corrected chi connectivity index (χ4v) is 2.72. The lowest BCUT2D eigenvalue weighted by molar-refractivity contribution is 0.0763. The van der Waals surface area contributed by atoms with Crippen LogP contribution in [0, 0.1) is 5.92 Å². The highest BCUT2D eigenvalue weighted by atomic mass is 16.4. The number of hydrogen-bond acceptors (Lipinski definition) is 6. The molecule has 2 aromatic rings. The first kappa shape index (κ1) is 15.1. The molecule has 7 nitrogen and oxygen atoms in total. The standard InChI is InChI=1S/C15H21N3O4/c1-11-4-6-17(7-5-11)9-12(19)10-18-15(20)22-14(16-18)13-3-2-8-21-13/h2-3,8,11-12,19H,4-7,9-10H2,1H3. The van der Waals surface area contributed by atoms with Crippen molar-refractivity contribution in [3.63, 3.8) is 0 Å². The topological polar surface area (TPSA) is 84.6 Å². The van der Waals surface area contributed by atoms with E-state index in [0.29, 0.717) is 12.3 Å². The average Bonchev–Trinajstić information content (AvgIpc) is 3.12. The summed E-state index contributed by atoms with van der Waals surface area (Å²) in [5.41, 5.74) is 0. The number of β-amino-alcohol motifs (C(OH)–C–C–N with tert-alkyl or cyclic N) is 1. The minimum atomic E-state index is -0.652. The zero-order chi connectivity index (χ0) is 15.5. The summed E-state index contributed by atoms with van der Waals surface area (Å²) in [5.74, 6) is 0.699. The minimum absolute atomic E-state index is 0.120. The van der Waals surface area contributed by atoms with Crippen LogP contribution in [0.1, 0.15) is 19.8 Å². The summed E-state index contributed by atoms with van der Waals surface area (Å²) in [6, 6.07) is 3.36. The van der Waals surface area contributed by atoms with Crippen LogP contribution < -0.4 is 5.76 Å². The van der Waals surface area contributed by atoms with Gasteiger partial charge in [0.1, 0.15) is 0 Å². The molecule has 120 valence electrons. The maximum atomic E-state index is 11.8. The predicted molar refractivity (Wildman–Crippen MR) is 79.3 cm³/mol. The maximum Gasteiger partial charge on any atom is 0.437 e. The quantitative estimate of drug-likeness (QED) is 0.893. The number of rotatable bonds is 5. The zero-order valence-corrected chi connectivity index (χ0v) is 12.6. The van der Waals surface area contributed by atoms with Gasteiger partial charge in [0, 0.05) is 6.54 Å². The summed E-state index contributed by atoms with van der Waals surface area (Å²) >= 11 is 0. The second-order valence-electron chi connectivity index (χ2n) is 5.97. The molecule has 2 aromatic heterocycles. The van der Waals surface area contributed by atoms with Gasteiger partial charge in [-0.05, 0) is 44.0 Å². The summed E-state index contributed by atoms with van der Waals surface area (Å²) in [7, 11) is 0. The van der Waals surface area contributed by atoms with Gasteiger partial charge >= 0.3 is 5.76 Å². The fraction of sp³-hybridized carbons (Fsp3) is 0.600. The molecule has 0 radical (unpaired) electrons. The van der Waals surface area contributed by atoms with Gasteiger partial charge in [-0.2, -0.15) is 4.68 Å². The Bertz CT molecular complexity index is 638. The molecule has 1 N–H and O–H groups in total. The lowest BCUT2D eigenvalue weighted by Crippen LogP contribution is -2.40. The molecule has 0 aliphatic carbocycles. The lowest BCUT2D eigenvalue weighted by Gasteiger charge is -2.31. The Labute approximate surface area is 128 Å². The largest absolute Gasteiger partial charge is 0.459 e. The van der Waals surface area contributed by atoms with Crippen LogP contribution in [0.25, 0.3) is 11.7 Å². The van der Waals surface area contributed by atoms with E-state index >= 15 is 0 Å². The molecule has 0 spiro atoms. The van der Waals surface area contributed by atoms with Crippen molar-refractivity contribution in [1.29, 1.82) is 0 Å². The van der Waals surface area contributed by atoms with Gasteiger partial charge in [0.2, 0.25) is 0 Å². The highest BCUT2D eigenvalue weighted by Gasteiger charge is 2.20. The van der Waals surface area contributed by atoms with E-state index in [1.54, 1.807) is 12.1 Å². The molecular weight excluding hydrogens is 286 g/mol. The Kier molecular flexibility index (Phi) is 4.44. The minimum Gasteiger partial charge on any atom is -0.459 e. The van der Waals surface area contributed by atoms with Gasteiger partial charge < -0.3 is 18.8 Å². The van der Waals surface area contributed by atoms with E-state index in [9.17, 15) is 9.90 Å². The average molecular weight is 307 g/mol. The molecule has 1 fully saturated rings. The predicted octanol–water partition coefficient (Wildman–Crippen LogP) is 1.19. The second kappa shape index (κ2) is 6.50. The Hall–Kier alpha value is -1.86. The van der Waals surface area contributed by atoms with Crippen molar-refractivity contribution in [2.24, 2.45) is 5.92 Å². The SMILES string of the molecule is CC1CCN(CC(O)Cn2nc(-c3ccco3)oc2=O)CC1. The van der Waals surface area contributed by atoms with E-state index in [1.807, 2.05) is 0 Å². The molecule has 7 heteroatoms. The van der Waals surface area contributed by atoms with Gasteiger partial charge in [-0.1, -0.05) is 6.92 Å². The van der Waals surface area contributed by atoms with Crippen molar-refractivity contribution in [2.45, 2.75) is 32.4 Å². The highest BCUT2D eigenvalue weighted by molar-refractivity contribution is 5.42. The van der Waals surface area contributed by atoms with Crippen molar-refractivity contribution in [3.05, 3.63) is 28.9 Å². The van der Waals surface area contributed by atoms with E-state index in [4.69, 9.17) is 8.83 Å². The van der Waals surface area contributed by atoms with Crippen molar-refractivity contribution in [2.75, 3.05) is 19.6 Å². The first-order valence-corrected chi connectivity index (χ1v) is 7.64. The maximum absolute atomic E-state index is 11.8. The third kappa shape index (κ3) is 3.48. The van der Waals surface area contributed by atoms with Crippen LogP contribution in [0.15, 0.2) is 32.0 Å². The Morgan fingerprint density at radius 2 is 2.18 bits per heavy atom. The van der Waals surface area contributed by atoms with Crippen LogP contribution in [0.4, 0.5) is 0 Å². The Morgan fingerprint density at radius 3 is 2.86 bits per heavy atom. The molecule has 22 heavy (non-hydrogen) atoms. The second-order valence-corrected chi connectivity index (χ2v) is 5.97. The number of hydrogen-bond donors (Lipinski definition) is 1. The lowest BCUT2D eigenvalue weighted by atomic mass is 9.99. The number of nitrogens with zero attached hydrogens (tertiary/aromatic N) is 3. The number of likely N-dealkylation sites (tertiary alicyclic amines) is 1. The molecule has 1 aliphatic heterocycles. The van der Waals surface area contributed by atoms with Crippen LogP contribution >= 0.6 is 0 Å². The van der Waals surface area contributed by atoms with Gasteiger partial charge in [-0.25, -0.2) is 4.79 Å². The Morgan fingerprint density at radius 1 is 1.41 bits per heavy atom. The van der Waals surface area contributed by atoms with Crippen LogP contribution in [-0.2, 0) is 6.54 Å². The van der Waals surface area contributed by atoms with Gasteiger partial charge in [0.25, 0.3) is 5.89 Å². The third-order valence-corrected chi connectivity index (χ3v) is 4.07. The molecule has 3 heterocycles. The van der Waals surface area contributed by atoms with Crippen molar-refractivity contribution >= 4 is 0 Å². The van der Waals surface area contributed by atoms with Gasteiger partial charge in [0.05, 0.1) is 18.9 Å². The monoisotopic (exact) mass is 307 g/mol. The Balaban J connectivity index is 1.59. The molecule has 0 bridgehead atoms. The fourth-order valence-electron chi connectivity index (χ4n) is 2.72. The summed E-state index contributed by atoms with van der Waals surface area (Å²) < 4.78 is 11.3. The first-order valence-electron chi connectivity index (χ1n) is 7.64. The molecule has 1 unspecified atom stereocenters. The molecule has 0 saturated carbocycles. The van der Waals surface area contributed by atoms with E-state index in [-0.39, 0.29) is 12.4 Å². The normalized spacial score (nSPS) is 18.6. The molecule has 1 atom stereocenters. The van der Waals surface area contributed by atoms with E-state index in [0.717, 1.165) is 36.5 Å². The van der Waals surface area contributed by atoms with Crippen molar-refractivity contribution in [3.8, 4) is 11.7 Å². The molecule has 3 rings (SSSR count). The number of aromatic nitrogens is 2. The van der Waals surface area contributed by atoms with E-state index in [1.165, 1.54) is 6.26 Å². The molecule has 1 saturated heterocycles. The molecule has 0 amide bonds. The number of furan rings is 1. The smallest absolute Gasteiger partial charge is 0.437 e. The van der Waals surface area contributed by atoms with E-state index < -0.39 is 11.9 Å². The molecule has 0 aromatic carbocycles. The van der Waals surface area contributed by atoms with Gasteiger partial charge in [-0.15, -0.1) is 5.10 Å².